The molecule has 0 spiro atoms. The fourth-order valence-electron chi connectivity index (χ4n) is 1.62. The maximum atomic E-state index is 5.91. The fourth-order valence-corrected chi connectivity index (χ4v) is 1.83. The molecular formula is C11H16ClN3O. The number of hydrogen-bond donors (Lipinski definition) is 1. The Hall–Kier alpha value is -0.870. The number of hydrogen-bond acceptors (Lipinski definition) is 4. The Morgan fingerprint density at radius 3 is 2.81 bits per heavy atom. The molecule has 1 unspecified atom stereocenters. The van der Waals surface area contributed by atoms with Crippen molar-refractivity contribution in [1.82, 2.24) is 9.97 Å². The summed E-state index contributed by atoms with van der Waals surface area (Å²) >= 11 is 5.91. The van der Waals surface area contributed by atoms with Gasteiger partial charge < -0.3 is 10.1 Å². The van der Waals surface area contributed by atoms with Crippen molar-refractivity contribution < 1.29 is 4.74 Å². The number of methoxy groups -OCH3 is 1. The highest BCUT2D eigenvalue weighted by Crippen LogP contribution is 2.46. The quantitative estimate of drug-likeness (QED) is 0.823. The lowest BCUT2D eigenvalue weighted by Gasteiger charge is -2.08. The Morgan fingerprint density at radius 2 is 2.25 bits per heavy atom. The van der Waals surface area contributed by atoms with E-state index >= 15 is 0 Å². The van der Waals surface area contributed by atoms with E-state index in [4.69, 9.17) is 16.3 Å². The van der Waals surface area contributed by atoms with Gasteiger partial charge in [0.25, 0.3) is 0 Å². The number of nitrogens with zero attached hydrogens (tertiary/aromatic N) is 2. The topological polar surface area (TPSA) is 47.0 Å². The number of rotatable bonds is 4. The summed E-state index contributed by atoms with van der Waals surface area (Å²) < 4.78 is 4.99. The molecule has 0 aliphatic heterocycles. The molecule has 1 aliphatic carbocycles. The molecule has 1 aliphatic rings. The number of halogens is 1. The molecule has 5 heteroatoms. The van der Waals surface area contributed by atoms with Gasteiger partial charge in [-0.15, -0.1) is 0 Å². The fraction of sp³-hybridized carbons (Fsp3) is 0.636. The lowest BCUT2D eigenvalue weighted by molar-refractivity contribution is 0.178. The summed E-state index contributed by atoms with van der Waals surface area (Å²) in [5.74, 6) is 1.39. The Balaban J connectivity index is 2.09. The molecule has 1 atom stereocenters. The Kier molecular flexibility index (Phi) is 3.04. The van der Waals surface area contributed by atoms with Gasteiger partial charge in [0.05, 0.1) is 0 Å². The molecule has 0 radical (unpaired) electrons. The van der Waals surface area contributed by atoms with Gasteiger partial charge in [0, 0.05) is 19.2 Å². The van der Waals surface area contributed by atoms with Crippen molar-refractivity contribution in [2.45, 2.75) is 32.9 Å². The van der Waals surface area contributed by atoms with Crippen LogP contribution >= 0.6 is 11.6 Å². The lowest BCUT2D eigenvalue weighted by atomic mass is 10.2. The molecule has 2 rings (SSSR count). The summed E-state index contributed by atoms with van der Waals surface area (Å²) in [7, 11) is 1.61. The van der Waals surface area contributed by atoms with Crippen LogP contribution < -0.4 is 5.32 Å². The van der Waals surface area contributed by atoms with Crippen molar-refractivity contribution in [3.63, 3.8) is 0 Å². The third-order valence-electron chi connectivity index (χ3n) is 2.85. The van der Waals surface area contributed by atoms with E-state index in [1.54, 1.807) is 13.2 Å². The molecule has 0 amide bonds. The second-order valence-electron chi connectivity index (χ2n) is 4.81. The molecule has 88 valence electrons. The molecule has 0 aromatic carbocycles. The predicted octanol–water partition coefficient (Wildman–Crippen LogP) is 2.49. The molecule has 1 aromatic rings. The van der Waals surface area contributed by atoms with Crippen molar-refractivity contribution in [2.75, 3.05) is 12.4 Å². The Labute approximate surface area is 100 Å². The summed E-state index contributed by atoms with van der Waals surface area (Å²) in [6, 6.07) is 2.23. The van der Waals surface area contributed by atoms with Crippen LogP contribution in [0.4, 0.5) is 5.82 Å². The van der Waals surface area contributed by atoms with Crippen LogP contribution in [-0.2, 0) is 11.3 Å². The van der Waals surface area contributed by atoms with E-state index in [1.807, 2.05) is 0 Å². The van der Waals surface area contributed by atoms with E-state index in [-0.39, 0.29) is 0 Å². The smallest absolute Gasteiger partial charge is 0.158 e. The van der Waals surface area contributed by atoms with Crippen LogP contribution in [0.1, 0.15) is 26.1 Å². The maximum Gasteiger partial charge on any atom is 0.158 e. The second kappa shape index (κ2) is 4.18. The van der Waals surface area contributed by atoms with E-state index in [0.717, 1.165) is 12.2 Å². The zero-order valence-electron chi connectivity index (χ0n) is 9.75. The van der Waals surface area contributed by atoms with Crippen molar-refractivity contribution in [3.05, 3.63) is 17.0 Å². The average Bonchev–Trinajstić information content (AvgIpc) is 2.72. The first-order chi connectivity index (χ1) is 7.51. The number of ether oxygens (including phenoxy) is 1. The summed E-state index contributed by atoms with van der Waals surface area (Å²) in [4.78, 5) is 8.41. The number of aromatic nitrogens is 2. The van der Waals surface area contributed by atoms with Crippen LogP contribution in [0.5, 0.6) is 0 Å². The minimum absolute atomic E-state index is 0.360. The van der Waals surface area contributed by atoms with Crippen molar-refractivity contribution in [3.8, 4) is 0 Å². The van der Waals surface area contributed by atoms with Crippen molar-refractivity contribution in [2.24, 2.45) is 5.41 Å². The largest absolute Gasteiger partial charge is 0.377 e. The zero-order chi connectivity index (χ0) is 11.8. The molecule has 1 aromatic heterocycles. The number of anilines is 1. The van der Waals surface area contributed by atoms with Gasteiger partial charge in [0.15, 0.2) is 5.82 Å². The van der Waals surface area contributed by atoms with E-state index in [9.17, 15) is 0 Å². The van der Waals surface area contributed by atoms with Crippen LogP contribution in [0.25, 0.3) is 0 Å². The molecule has 1 N–H and O–H groups in total. The standard InChI is InChI=1S/C11H16ClN3O/c1-11(2)5-7(11)13-9-4-8(12)14-10(15-9)6-16-3/h4,7H,5-6H2,1-3H3,(H,13,14,15). The first-order valence-electron chi connectivity index (χ1n) is 5.30. The molecule has 1 heterocycles. The summed E-state index contributed by atoms with van der Waals surface area (Å²) in [6.45, 7) is 4.83. The van der Waals surface area contributed by atoms with Gasteiger partial charge >= 0.3 is 0 Å². The third-order valence-corrected chi connectivity index (χ3v) is 3.04. The molecule has 1 saturated carbocycles. The van der Waals surface area contributed by atoms with Crippen LogP contribution in [0.15, 0.2) is 6.07 Å². The van der Waals surface area contributed by atoms with Crippen molar-refractivity contribution >= 4 is 17.4 Å². The molecular weight excluding hydrogens is 226 g/mol. The monoisotopic (exact) mass is 241 g/mol. The van der Waals surface area contributed by atoms with Crippen LogP contribution in [0.3, 0.4) is 0 Å². The first-order valence-corrected chi connectivity index (χ1v) is 5.68. The van der Waals surface area contributed by atoms with E-state index < -0.39 is 0 Å². The number of nitrogens with one attached hydrogen (secondary N) is 1. The SMILES string of the molecule is COCc1nc(Cl)cc(NC2CC2(C)C)n1. The van der Waals surface area contributed by atoms with Crippen LogP contribution in [0.2, 0.25) is 5.15 Å². The van der Waals surface area contributed by atoms with Crippen LogP contribution in [0, 0.1) is 5.41 Å². The van der Waals surface area contributed by atoms with Gasteiger partial charge in [-0.3, -0.25) is 0 Å². The average molecular weight is 242 g/mol. The minimum Gasteiger partial charge on any atom is -0.377 e. The van der Waals surface area contributed by atoms with Gasteiger partial charge in [0.1, 0.15) is 17.6 Å². The maximum absolute atomic E-state index is 5.91. The molecule has 0 saturated heterocycles. The first kappa shape index (κ1) is 11.6. The highest BCUT2D eigenvalue weighted by Gasteiger charge is 2.45. The highest BCUT2D eigenvalue weighted by atomic mass is 35.5. The Morgan fingerprint density at radius 1 is 1.56 bits per heavy atom. The second-order valence-corrected chi connectivity index (χ2v) is 5.20. The van der Waals surface area contributed by atoms with Gasteiger partial charge in [0.2, 0.25) is 0 Å². The van der Waals surface area contributed by atoms with Crippen molar-refractivity contribution in [1.29, 1.82) is 0 Å². The Bertz CT molecular complexity index is 395. The predicted molar refractivity (Wildman–Crippen MR) is 63.6 cm³/mol. The van der Waals surface area contributed by atoms with E-state index in [0.29, 0.717) is 29.0 Å². The van der Waals surface area contributed by atoms with E-state index in [2.05, 4.69) is 29.1 Å². The molecule has 4 nitrogen and oxygen atoms in total. The molecule has 0 bridgehead atoms. The lowest BCUT2D eigenvalue weighted by Crippen LogP contribution is -2.11. The van der Waals surface area contributed by atoms with Gasteiger partial charge in [-0.05, 0) is 11.8 Å². The minimum atomic E-state index is 0.360. The van der Waals surface area contributed by atoms with Gasteiger partial charge in [-0.25, -0.2) is 9.97 Å². The van der Waals surface area contributed by atoms with Crippen LogP contribution in [-0.4, -0.2) is 23.1 Å². The summed E-state index contributed by atoms with van der Waals surface area (Å²) in [5, 5.41) is 3.80. The normalized spacial score (nSPS) is 21.9. The third kappa shape index (κ3) is 2.62. The summed E-state index contributed by atoms with van der Waals surface area (Å²) in [6.07, 6.45) is 1.16. The zero-order valence-corrected chi connectivity index (χ0v) is 10.5. The van der Waals surface area contributed by atoms with Gasteiger partial charge in [-0.1, -0.05) is 25.4 Å². The summed E-state index contributed by atoms with van der Waals surface area (Å²) in [5.41, 5.74) is 0.360. The highest BCUT2D eigenvalue weighted by molar-refractivity contribution is 6.29. The molecule has 16 heavy (non-hydrogen) atoms. The van der Waals surface area contributed by atoms with E-state index in [1.165, 1.54) is 0 Å². The van der Waals surface area contributed by atoms with Gasteiger partial charge in [-0.2, -0.15) is 0 Å². The molecule has 1 fully saturated rings.